The number of hydrogen-bond donors (Lipinski definition) is 1. The van der Waals surface area contributed by atoms with Crippen LogP contribution in [0.3, 0.4) is 0 Å². The van der Waals surface area contributed by atoms with Crippen molar-refractivity contribution in [2.75, 3.05) is 5.32 Å². The monoisotopic (exact) mass is 468 g/mol. The highest BCUT2D eigenvalue weighted by Crippen LogP contribution is 2.60. The molecule has 0 unspecified atom stereocenters. The van der Waals surface area contributed by atoms with E-state index in [0.717, 1.165) is 29.0 Å². The number of rotatable bonds is 7. The van der Waals surface area contributed by atoms with Gasteiger partial charge in [-0.25, -0.2) is 4.98 Å². The van der Waals surface area contributed by atoms with Crippen molar-refractivity contribution in [2.45, 2.75) is 58.0 Å². The van der Waals surface area contributed by atoms with Gasteiger partial charge in [0.2, 0.25) is 5.91 Å². The van der Waals surface area contributed by atoms with Gasteiger partial charge in [0.1, 0.15) is 35.0 Å². The van der Waals surface area contributed by atoms with Crippen molar-refractivity contribution in [3.05, 3.63) is 76.5 Å². The number of amides is 1. The Bertz CT molecular complexity index is 1350. The van der Waals surface area contributed by atoms with Crippen molar-refractivity contribution in [2.24, 2.45) is 5.92 Å². The van der Waals surface area contributed by atoms with E-state index < -0.39 is 0 Å². The number of carbonyl (C=O) groups is 2. The van der Waals surface area contributed by atoms with Gasteiger partial charge in [0, 0.05) is 48.4 Å². The molecule has 3 aromatic rings. The standard InChI is InChI=1S/C29H28N2O4/c1-16-3-4-18(17(2)13-16)5-6-19(32)14-23-27-22-15-20(7-9-24(22)35-28(23)27)34-25-11-12-30-29-21(25)8-10-26(33)31-29/h3-4,7,9,11-13,15,23,27-28H,5-6,8,10,14H2,1-2H3,(H,30,31,33)/t23-,27-,28+/m0/s1. The molecule has 1 saturated carbocycles. The Labute approximate surface area is 204 Å². The fourth-order valence-corrected chi connectivity index (χ4v) is 5.50. The van der Waals surface area contributed by atoms with Crippen molar-refractivity contribution in [1.82, 2.24) is 4.98 Å². The first-order valence-corrected chi connectivity index (χ1v) is 12.3. The van der Waals surface area contributed by atoms with E-state index in [9.17, 15) is 9.59 Å². The number of nitrogens with zero attached hydrogens (tertiary/aromatic N) is 1. The van der Waals surface area contributed by atoms with Crippen molar-refractivity contribution in [3.63, 3.8) is 0 Å². The summed E-state index contributed by atoms with van der Waals surface area (Å²) in [7, 11) is 0. The summed E-state index contributed by atoms with van der Waals surface area (Å²) in [6, 6.07) is 14.1. The minimum absolute atomic E-state index is 0.0220. The van der Waals surface area contributed by atoms with Crippen LogP contribution in [0.15, 0.2) is 48.7 Å². The summed E-state index contributed by atoms with van der Waals surface area (Å²) in [6.45, 7) is 4.20. The van der Waals surface area contributed by atoms with E-state index in [1.807, 2.05) is 24.3 Å². The number of aromatic nitrogens is 1. The number of anilines is 1. The zero-order valence-electron chi connectivity index (χ0n) is 20.0. The highest BCUT2D eigenvalue weighted by Gasteiger charge is 2.58. The number of ether oxygens (including phenoxy) is 2. The van der Waals surface area contributed by atoms with Gasteiger partial charge in [-0.2, -0.15) is 0 Å². The molecule has 1 N–H and O–H groups in total. The number of benzene rings is 2. The second kappa shape index (κ2) is 8.52. The Morgan fingerprint density at radius 3 is 2.89 bits per heavy atom. The number of Topliss-reactive ketones (excluding diaryl/α,β-unsaturated/α-hetero) is 1. The van der Waals surface area contributed by atoms with Crippen LogP contribution in [0.5, 0.6) is 17.2 Å². The van der Waals surface area contributed by atoms with Crippen LogP contribution in [0.25, 0.3) is 0 Å². The number of ketones is 1. The second-order valence-corrected chi connectivity index (χ2v) is 9.93. The minimum Gasteiger partial charge on any atom is -0.489 e. The molecule has 1 aliphatic carbocycles. The van der Waals surface area contributed by atoms with Gasteiger partial charge in [-0.1, -0.05) is 23.8 Å². The minimum atomic E-state index is -0.0220. The molecule has 3 atom stereocenters. The molecule has 6 rings (SSSR count). The molecule has 1 fully saturated rings. The molecule has 6 nitrogen and oxygen atoms in total. The third-order valence-electron chi connectivity index (χ3n) is 7.43. The molecule has 2 aromatic carbocycles. The Morgan fingerprint density at radius 1 is 1.14 bits per heavy atom. The zero-order chi connectivity index (χ0) is 24.1. The van der Waals surface area contributed by atoms with E-state index in [1.165, 1.54) is 16.7 Å². The van der Waals surface area contributed by atoms with Crippen molar-refractivity contribution < 1.29 is 19.1 Å². The maximum absolute atomic E-state index is 12.7. The largest absolute Gasteiger partial charge is 0.489 e. The normalized spacial score (nSPS) is 21.3. The molecule has 1 aromatic heterocycles. The number of hydrogen-bond acceptors (Lipinski definition) is 5. The number of carbonyl (C=O) groups excluding carboxylic acids is 2. The second-order valence-electron chi connectivity index (χ2n) is 9.93. The first-order valence-electron chi connectivity index (χ1n) is 12.3. The lowest BCUT2D eigenvalue weighted by molar-refractivity contribution is -0.119. The van der Waals surface area contributed by atoms with E-state index in [0.29, 0.717) is 43.0 Å². The molecule has 1 amide bonds. The topological polar surface area (TPSA) is 77.5 Å². The lowest BCUT2D eigenvalue weighted by atomic mass is 9.98. The lowest BCUT2D eigenvalue weighted by Crippen LogP contribution is -2.20. The van der Waals surface area contributed by atoms with E-state index in [-0.39, 0.29) is 23.8 Å². The zero-order valence-corrected chi connectivity index (χ0v) is 20.0. The van der Waals surface area contributed by atoms with Crippen LogP contribution in [0.1, 0.15) is 53.0 Å². The maximum Gasteiger partial charge on any atom is 0.225 e. The summed E-state index contributed by atoms with van der Waals surface area (Å²) in [5, 5.41) is 2.81. The molecular formula is C29H28N2O4. The number of pyridine rings is 1. The predicted molar refractivity (Wildman–Crippen MR) is 132 cm³/mol. The molecule has 178 valence electrons. The molecule has 0 bridgehead atoms. The smallest absolute Gasteiger partial charge is 0.225 e. The van der Waals surface area contributed by atoms with Crippen molar-refractivity contribution in [1.29, 1.82) is 0 Å². The van der Waals surface area contributed by atoms with Gasteiger partial charge in [0.15, 0.2) is 0 Å². The van der Waals surface area contributed by atoms with Gasteiger partial charge in [-0.05, 0) is 62.1 Å². The molecule has 2 aliphatic heterocycles. The summed E-state index contributed by atoms with van der Waals surface area (Å²) in [5.74, 6) is 3.67. The average Bonchev–Trinajstić information content (AvgIpc) is 3.34. The number of nitrogens with one attached hydrogen (secondary N) is 1. The van der Waals surface area contributed by atoms with E-state index >= 15 is 0 Å². The molecule has 0 spiro atoms. The predicted octanol–water partition coefficient (Wildman–Crippen LogP) is 5.44. The Hall–Kier alpha value is -3.67. The summed E-state index contributed by atoms with van der Waals surface area (Å²) >= 11 is 0. The summed E-state index contributed by atoms with van der Waals surface area (Å²) in [4.78, 5) is 28.7. The van der Waals surface area contributed by atoms with Crippen molar-refractivity contribution >= 4 is 17.5 Å². The molecular weight excluding hydrogens is 440 g/mol. The number of fused-ring (bicyclic) bond motifs is 4. The van der Waals surface area contributed by atoms with Gasteiger partial charge >= 0.3 is 0 Å². The fraction of sp³-hybridized carbons (Fsp3) is 0.345. The maximum atomic E-state index is 12.7. The van der Waals surface area contributed by atoms with Gasteiger partial charge in [-0.3, -0.25) is 9.59 Å². The molecule has 3 heterocycles. The highest BCUT2D eigenvalue weighted by atomic mass is 16.5. The first kappa shape index (κ1) is 21.8. The van der Waals surface area contributed by atoms with Crippen LogP contribution in [0.2, 0.25) is 0 Å². The van der Waals surface area contributed by atoms with E-state index in [4.69, 9.17) is 9.47 Å². The van der Waals surface area contributed by atoms with Crippen LogP contribution in [0, 0.1) is 19.8 Å². The van der Waals surface area contributed by atoms with Crippen LogP contribution < -0.4 is 14.8 Å². The molecule has 3 aliphatic rings. The Morgan fingerprint density at radius 2 is 2.03 bits per heavy atom. The van der Waals surface area contributed by atoms with Gasteiger partial charge in [-0.15, -0.1) is 0 Å². The third-order valence-corrected chi connectivity index (χ3v) is 7.43. The van der Waals surface area contributed by atoms with Crippen LogP contribution in [0.4, 0.5) is 5.82 Å². The van der Waals surface area contributed by atoms with E-state index in [2.05, 4.69) is 42.3 Å². The Kier molecular flexibility index (Phi) is 5.32. The van der Waals surface area contributed by atoms with E-state index in [1.54, 1.807) is 6.20 Å². The van der Waals surface area contributed by atoms with Gasteiger partial charge in [0.05, 0.1) is 0 Å². The SMILES string of the molecule is Cc1ccc(CCC(=O)C[C@@H]2[C@H]3Oc4ccc(Oc5ccnc6c5CCC(=O)N6)cc4[C@@H]23)c(C)c1. The summed E-state index contributed by atoms with van der Waals surface area (Å²) in [6.07, 6.45) is 4.69. The quantitative estimate of drug-likeness (QED) is 0.500. The van der Waals surface area contributed by atoms with Crippen LogP contribution in [-0.2, 0) is 22.4 Å². The lowest BCUT2D eigenvalue weighted by Gasteiger charge is -2.19. The van der Waals surface area contributed by atoms with Gasteiger partial charge < -0.3 is 14.8 Å². The molecule has 0 radical (unpaired) electrons. The summed E-state index contributed by atoms with van der Waals surface area (Å²) in [5.41, 5.74) is 5.79. The Balaban J connectivity index is 1.10. The van der Waals surface area contributed by atoms with Crippen LogP contribution in [-0.4, -0.2) is 22.8 Å². The number of aryl methyl sites for hydroxylation is 3. The molecule has 6 heteroatoms. The highest BCUT2D eigenvalue weighted by molar-refractivity contribution is 5.93. The molecule has 0 saturated heterocycles. The third kappa shape index (κ3) is 4.18. The first-order chi connectivity index (χ1) is 17.0. The van der Waals surface area contributed by atoms with Gasteiger partial charge in [0.25, 0.3) is 0 Å². The summed E-state index contributed by atoms with van der Waals surface area (Å²) < 4.78 is 12.3. The molecule has 35 heavy (non-hydrogen) atoms. The average molecular weight is 469 g/mol. The fourth-order valence-electron chi connectivity index (χ4n) is 5.50. The van der Waals surface area contributed by atoms with Crippen molar-refractivity contribution in [3.8, 4) is 17.2 Å². The van der Waals surface area contributed by atoms with Crippen LogP contribution >= 0.6 is 0 Å².